The van der Waals surface area contributed by atoms with Crippen molar-refractivity contribution < 1.29 is 37.1 Å². The molecule has 0 spiro atoms. The summed E-state index contributed by atoms with van der Waals surface area (Å²) in [6.45, 7) is 2.17. The van der Waals surface area contributed by atoms with Gasteiger partial charge in [-0.1, -0.05) is 6.07 Å². The molecule has 3 aliphatic rings. The Kier molecular flexibility index (Phi) is 5.92. The van der Waals surface area contributed by atoms with E-state index in [4.69, 9.17) is 14.2 Å². The quantitative estimate of drug-likeness (QED) is 0.576. The summed E-state index contributed by atoms with van der Waals surface area (Å²) in [4.78, 5) is 28.1. The van der Waals surface area contributed by atoms with Gasteiger partial charge in [-0.2, -0.15) is 4.31 Å². The van der Waals surface area contributed by atoms with Crippen LogP contribution in [-0.4, -0.2) is 77.1 Å². The van der Waals surface area contributed by atoms with E-state index in [9.17, 15) is 18.0 Å². The molecule has 0 radical (unpaired) electrons. The normalized spacial score (nSPS) is 21.7. The van der Waals surface area contributed by atoms with Gasteiger partial charge in [0.2, 0.25) is 15.9 Å². The monoisotopic (exact) mass is 488 g/mol. The lowest BCUT2D eigenvalue weighted by atomic mass is 10.2. The van der Waals surface area contributed by atoms with Crippen LogP contribution in [0.25, 0.3) is 0 Å². The summed E-state index contributed by atoms with van der Waals surface area (Å²) in [6.07, 6.45) is 0.0975. The average molecular weight is 489 g/mol. The smallest absolute Gasteiger partial charge is 0.292 e. The molecule has 10 nitrogen and oxygen atoms in total. The van der Waals surface area contributed by atoms with Gasteiger partial charge in [0.05, 0.1) is 50.3 Å². The van der Waals surface area contributed by atoms with Crippen molar-refractivity contribution in [3.05, 3.63) is 42.5 Å². The maximum absolute atomic E-state index is 13.2. The van der Waals surface area contributed by atoms with Gasteiger partial charge in [-0.25, -0.2) is 13.3 Å². The molecule has 0 unspecified atom stereocenters. The summed E-state index contributed by atoms with van der Waals surface area (Å²) >= 11 is 0. The molecule has 180 valence electrons. The average Bonchev–Trinajstić information content (AvgIpc) is 3.17. The van der Waals surface area contributed by atoms with Gasteiger partial charge >= 0.3 is 0 Å². The minimum Gasteiger partial charge on any atom is -0.497 e. The van der Waals surface area contributed by atoms with Crippen LogP contribution in [0, 0.1) is 0 Å². The molecule has 0 aromatic heterocycles. The molecule has 11 heteroatoms. The fourth-order valence-corrected chi connectivity index (χ4v) is 6.12. The van der Waals surface area contributed by atoms with E-state index in [2.05, 4.69) is 0 Å². The minimum absolute atomic E-state index is 0.0975. The highest BCUT2D eigenvalue weighted by Crippen LogP contribution is 2.33. The fourth-order valence-electron chi connectivity index (χ4n) is 4.67. The second-order valence-electron chi connectivity index (χ2n) is 8.39. The number of ether oxygens (including phenoxy) is 3. The first kappa shape index (κ1) is 22.6. The van der Waals surface area contributed by atoms with Gasteiger partial charge in [0.15, 0.2) is 17.5 Å². The first-order valence-electron chi connectivity index (χ1n) is 11.1. The summed E-state index contributed by atoms with van der Waals surface area (Å²) in [7, 11) is -2.19. The van der Waals surface area contributed by atoms with Crippen LogP contribution < -0.4 is 24.0 Å². The second kappa shape index (κ2) is 8.90. The van der Waals surface area contributed by atoms with E-state index in [0.717, 1.165) is 4.90 Å². The van der Waals surface area contributed by atoms with Gasteiger partial charge in [0.25, 0.3) is 5.91 Å². The maximum Gasteiger partial charge on any atom is 0.292 e. The first-order chi connectivity index (χ1) is 16.4. The predicted molar refractivity (Wildman–Crippen MR) is 121 cm³/mol. The Bertz CT molecular complexity index is 1220. The molecule has 2 amide bonds. The number of hydrogen-bond acceptors (Lipinski definition) is 7. The zero-order chi connectivity index (χ0) is 23.9. The number of hydrogen-bond donors (Lipinski definition) is 1. The maximum atomic E-state index is 13.2. The molecule has 0 saturated carbocycles. The molecule has 3 aliphatic heterocycles. The van der Waals surface area contributed by atoms with Crippen LogP contribution in [0.1, 0.15) is 6.42 Å². The number of nitrogens with one attached hydrogen (secondary N) is 1. The van der Waals surface area contributed by atoms with Crippen molar-refractivity contribution in [1.82, 2.24) is 4.31 Å². The lowest BCUT2D eigenvalue weighted by Crippen LogP contribution is -3.19. The van der Waals surface area contributed by atoms with Gasteiger partial charge in [-0.3, -0.25) is 9.59 Å². The Hall–Kier alpha value is -3.15. The standard InChI is InChI=1S/C23H25N3O7S/c1-31-17-4-2-3-16(13-17)26-22(27)15-19(23(26)28)24-7-9-25(10-8-24)34(29,30)18-5-6-20-21(14-18)33-12-11-32-20/h2-6,13-14,19H,7-12,15H2,1H3/p+1/t19-/m1/s1. The Labute approximate surface area is 197 Å². The zero-order valence-electron chi connectivity index (χ0n) is 18.7. The van der Waals surface area contributed by atoms with Crippen molar-refractivity contribution in [2.45, 2.75) is 17.4 Å². The van der Waals surface area contributed by atoms with Crippen molar-refractivity contribution in [3.63, 3.8) is 0 Å². The SMILES string of the molecule is COc1cccc(N2C(=O)C[C@@H]([NH+]3CCN(S(=O)(=O)c4ccc5c(c4)OCCO5)CC3)C2=O)c1. The van der Waals surface area contributed by atoms with E-state index in [-0.39, 0.29) is 36.2 Å². The topological polar surface area (TPSA) is 107 Å². The van der Waals surface area contributed by atoms with Crippen molar-refractivity contribution in [1.29, 1.82) is 0 Å². The van der Waals surface area contributed by atoms with Crippen LogP contribution in [0.15, 0.2) is 47.4 Å². The van der Waals surface area contributed by atoms with E-state index < -0.39 is 16.1 Å². The van der Waals surface area contributed by atoms with Crippen molar-refractivity contribution in [3.8, 4) is 17.2 Å². The van der Waals surface area contributed by atoms with E-state index in [1.54, 1.807) is 30.3 Å². The summed E-state index contributed by atoms with van der Waals surface area (Å²) in [6, 6.07) is 10.9. The van der Waals surface area contributed by atoms with Gasteiger partial charge in [0.1, 0.15) is 19.0 Å². The molecule has 2 saturated heterocycles. The molecule has 0 aliphatic carbocycles. The van der Waals surface area contributed by atoms with Gasteiger partial charge in [-0.05, 0) is 24.3 Å². The van der Waals surface area contributed by atoms with Crippen LogP contribution in [-0.2, 0) is 19.6 Å². The summed E-state index contributed by atoms with van der Waals surface area (Å²) in [5.41, 5.74) is 0.482. The Morgan fingerprint density at radius 1 is 1.00 bits per heavy atom. The van der Waals surface area contributed by atoms with Crippen LogP contribution in [0.3, 0.4) is 0 Å². The number of amides is 2. The number of nitrogens with zero attached hydrogens (tertiary/aromatic N) is 2. The van der Waals surface area contributed by atoms with Gasteiger partial charge in [0, 0.05) is 12.1 Å². The molecule has 1 atom stereocenters. The number of methoxy groups -OCH3 is 1. The summed E-state index contributed by atoms with van der Waals surface area (Å²) < 4.78 is 44.0. The number of carbonyl (C=O) groups excluding carboxylic acids is 2. The molecule has 3 heterocycles. The molecule has 2 aromatic rings. The highest BCUT2D eigenvalue weighted by Gasteiger charge is 2.47. The number of rotatable bonds is 5. The summed E-state index contributed by atoms with van der Waals surface area (Å²) in [5, 5.41) is 0. The van der Waals surface area contributed by atoms with Crippen molar-refractivity contribution in [2.24, 2.45) is 0 Å². The second-order valence-corrected chi connectivity index (χ2v) is 10.3. The van der Waals surface area contributed by atoms with E-state index in [0.29, 0.717) is 49.2 Å². The largest absolute Gasteiger partial charge is 0.497 e. The first-order valence-corrected chi connectivity index (χ1v) is 12.6. The number of benzene rings is 2. The van der Waals surface area contributed by atoms with Gasteiger partial charge < -0.3 is 19.1 Å². The Morgan fingerprint density at radius 3 is 2.47 bits per heavy atom. The lowest BCUT2D eigenvalue weighted by Gasteiger charge is -2.33. The summed E-state index contributed by atoms with van der Waals surface area (Å²) in [5.74, 6) is 0.985. The molecular weight excluding hydrogens is 462 g/mol. The molecule has 1 N–H and O–H groups in total. The zero-order valence-corrected chi connectivity index (χ0v) is 19.5. The Balaban J connectivity index is 1.27. The number of carbonyl (C=O) groups is 2. The minimum atomic E-state index is -3.72. The molecule has 2 fully saturated rings. The van der Waals surface area contributed by atoms with E-state index in [1.165, 1.54) is 28.4 Å². The molecule has 2 aromatic carbocycles. The van der Waals surface area contributed by atoms with Crippen LogP contribution in [0.5, 0.6) is 17.2 Å². The third kappa shape index (κ3) is 3.99. The van der Waals surface area contributed by atoms with Crippen molar-refractivity contribution in [2.75, 3.05) is 51.4 Å². The van der Waals surface area contributed by atoms with E-state index in [1.807, 2.05) is 0 Å². The molecular formula is C23H26N3O7S+. The highest BCUT2D eigenvalue weighted by molar-refractivity contribution is 7.89. The number of anilines is 1. The number of sulfonamides is 1. The van der Waals surface area contributed by atoms with Crippen LogP contribution in [0.4, 0.5) is 5.69 Å². The fraction of sp³-hybridized carbons (Fsp3) is 0.391. The number of fused-ring (bicyclic) bond motifs is 1. The highest BCUT2D eigenvalue weighted by atomic mass is 32.2. The number of piperazine rings is 1. The van der Waals surface area contributed by atoms with Crippen LogP contribution in [0.2, 0.25) is 0 Å². The van der Waals surface area contributed by atoms with E-state index >= 15 is 0 Å². The number of quaternary nitrogens is 1. The predicted octanol–water partition coefficient (Wildman–Crippen LogP) is -0.312. The van der Waals surface area contributed by atoms with Crippen LogP contribution >= 0.6 is 0 Å². The van der Waals surface area contributed by atoms with Gasteiger partial charge in [-0.15, -0.1) is 0 Å². The van der Waals surface area contributed by atoms with Crippen molar-refractivity contribution >= 4 is 27.5 Å². The third-order valence-corrected chi connectivity index (χ3v) is 8.36. The number of imide groups is 1. The molecule has 0 bridgehead atoms. The third-order valence-electron chi connectivity index (χ3n) is 6.47. The lowest BCUT2D eigenvalue weighted by molar-refractivity contribution is -0.918. The molecule has 5 rings (SSSR count). The Morgan fingerprint density at radius 2 is 1.74 bits per heavy atom. The molecule has 34 heavy (non-hydrogen) atoms.